The number of halogens is 1. The van der Waals surface area contributed by atoms with E-state index in [1.165, 1.54) is 12.0 Å². The predicted molar refractivity (Wildman–Crippen MR) is 116 cm³/mol. The van der Waals surface area contributed by atoms with Crippen molar-refractivity contribution in [3.8, 4) is 5.75 Å². The van der Waals surface area contributed by atoms with Crippen LogP contribution in [0.2, 0.25) is 5.02 Å². The fourth-order valence-corrected chi connectivity index (χ4v) is 5.47. The molecule has 166 valence electrons. The number of hydrogen-bond donors (Lipinski definition) is 3. The highest BCUT2D eigenvalue weighted by Gasteiger charge is 2.70. The number of hydrogen-bond acceptors (Lipinski definition) is 6. The molecule has 32 heavy (non-hydrogen) atoms. The summed E-state index contributed by atoms with van der Waals surface area (Å²) < 4.78 is 5.08. The molecule has 4 atom stereocenters. The third-order valence-corrected chi connectivity index (χ3v) is 6.91. The number of aromatic hydroxyl groups is 1. The zero-order valence-electron chi connectivity index (χ0n) is 17.3. The summed E-state index contributed by atoms with van der Waals surface area (Å²) >= 11 is 6.25. The number of phenols is 1. The van der Waals surface area contributed by atoms with Gasteiger partial charge in [0.15, 0.2) is 0 Å². The number of carbonyl (C=O) groups excluding carboxylic acids is 3. The molecule has 0 radical (unpaired) electrons. The SMILES string of the molecule is COCCN1C(=O)[C@@H]2[C@H](Cc3ccc(O)cc3)N[C@]3(C(=O)Nc4ccc(Cl)cc43)[C@@H]2C1=O. The maximum atomic E-state index is 13.5. The van der Waals surface area contributed by atoms with Crippen LogP contribution in [0.25, 0.3) is 0 Å². The highest BCUT2D eigenvalue weighted by Crippen LogP contribution is 2.53. The van der Waals surface area contributed by atoms with Crippen LogP contribution < -0.4 is 10.6 Å². The topological polar surface area (TPSA) is 108 Å². The van der Waals surface area contributed by atoms with Gasteiger partial charge in [-0.25, -0.2) is 0 Å². The standard InChI is InChI=1S/C23H22ClN3O5/c1-32-9-8-27-20(29)18-17(10-12-2-5-14(28)6-3-12)26-23(19(18)21(27)30)15-11-13(24)4-7-16(15)25-22(23)31/h2-7,11,17-19,26,28H,8-10H2,1H3,(H,25,31)/t17-,18+,19-,23-/m0/s1. The molecule has 2 saturated heterocycles. The number of imide groups is 1. The third kappa shape index (κ3) is 2.94. The molecular weight excluding hydrogens is 434 g/mol. The van der Waals surface area contributed by atoms with E-state index in [0.717, 1.165) is 5.56 Å². The van der Waals surface area contributed by atoms with Gasteiger partial charge in [0, 0.05) is 29.4 Å². The monoisotopic (exact) mass is 455 g/mol. The zero-order valence-corrected chi connectivity index (χ0v) is 18.1. The Kier molecular flexibility index (Phi) is 4.96. The largest absolute Gasteiger partial charge is 0.508 e. The van der Waals surface area contributed by atoms with Gasteiger partial charge in [-0.05, 0) is 42.3 Å². The fourth-order valence-electron chi connectivity index (χ4n) is 5.30. The Balaban J connectivity index is 1.61. The second-order valence-electron chi connectivity index (χ2n) is 8.40. The summed E-state index contributed by atoms with van der Waals surface area (Å²) in [5, 5.41) is 16.3. The maximum Gasteiger partial charge on any atom is 0.250 e. The number of carbonyl (C=O) groups is 3. The van der Waals surface area contributed by atoms with Crippen LogP contribution in [0.4, 0.5) is 5.69 Å². The van der Waals surface area contributed by atoms with Crippen LogP contribution in [-0.2, 0) is 31.1 Å². The molecule has 1 spiro atoms. The van der Waals surface area contributed by atoms with Crippen LogP contribution in [0.15, 0.2) is 42.5 Å². The first-order valence-corrected chi connectivity index (χ1v) is 10.8. The second-order valence-corrected chi connectivity index (χ2v) is 8.83. The number of amides is 3. The smallest absolute Gasteiger partial charge is 0.250 e. The van der Waals surface area contributed by atoms with Crippen molar-refractivity contribution in [2.75, 3.05) is 25.6 Å². The van der Waals surface area contributed by atoms with Crippen molar-refractivity contribution in [3.63, 3.8) is 0 Å². The number of likely N-dealkylation sites (tertiary alicyclic amines) is 1. The minimum absolute atomic E-state index is 0.132. The average Bonchev–Trinajstić information content (AvgIpc) is 3.34. The van der Waals surface area contributed by atoms with Crippen molar-refractivity contribution >= 4 is 35.0 Å². The Hall–Kier alpha value is -2.94. The van der Waals surface area contributed by atoms with Crippen molar-refractivity contribution in [1.29, 1.82) is 0 Å². The Morgan fingerprint density at radius 1 is 1.12 bits per heavy atom. The van der Waals surface area contributed by atoms with Gasteiger partial charge in [-0.15, -0.1) is 0 Å². The number of nitrogens with zero attached hydrogens (tertiary/aromatic N) is 1. The van der Waals surface area contributed by atoms with Crippen LogP contribution in [0.5, 0.6) is 5.75 Å². The first kappa shape index (κ1) is 20.9. The molecule has 3 heterocycles. The number of nitrogens with one attached hydrogen (secondary N) is 2. The summed E-state index contributed by atoms with van der Waals surface area (Å²) in [6.45, 7) is 0.349. The lowest BCUT2D eigenvalue weighted by atomic mass is 9.76. The highest BCUT2D eigenvalue weighted by atomic mass is 35.5. The van der Waals surface area contributed by atoms with Crippen LogP contribution in [0.1, 0.15) is 11.1 Å². The number of anilines is 1. The first-order chi connectivity index (χ1) is 15.4. The van der Waals surface area contributed by atoms with Gasteiger partial charge < -0.3 is 15.2 Å². The maximum absolute atomic E-state index is 13.5. The minimum Gasteiger partial charge on any atom is -0.508 e. The molecule has 9 heteroatoms. The number of phenolic OH excluding ortho intramolecular Hbond substituents is 1. The van der Waals surface area contributed by atoms with Crippen molar-refractivity contribution in [1.82, 2.24) is 10.2 Å². The van der Waals surface area contributed by atoms with Gasteiger partial charge in [-0.1, -0.05) is 23.7 Å². The lowest BCUT2D eigenvalue weighted by Crippen LogP contribution is -2.53. The van der Waals surface area contributed by atoms with E-state index in [9.17, 15) is 19.5 Å². The molecule has 0 aromatic heterocycles. The first-order valence-electron chi connectivity index (χ1n) is 10.4. The molecule has 2 aromatic carbocycles. The molecule has 3 N–H and O–H groups in total. The van der Waals surface area contributed by atoms with Gasteiger partial charge in [0.05, 0.1) is 25.0 Å². The van der Waals surface area contributed by atoms with Gasteiger partial charge in [0.1, 0.15) is 11.3 Å². The van der Waals surface area contributed by atoms with E-state index < -0.39 is 23.4 Å². The van der Waals surface area contributed by atoms with Crippen LogP contribution in [0.3, 0.4) is 0 Å². The Bertz CT molecular complexity index is 1120. The van der Waals surface area contributed by atoms with Crippen LogP contribution >= 0.6 is 11.6 Å². The van der Waals surface area contributed by atoms with Gasteiger partial charge >= 0.3 is 0 Å². The molecule has 2 fully saturated rings. The van der Waals surface area contributed by atoms with Crippen molar-refractivity contribution in [2.24, 2.45) is 11.8 Å². The van der Waals surface area contributed by atoms with E-state index in [0.29, 0.717) is 22.7 Å². The normalized spacial score (nSPS) is 28.4. The molecule has 3 amide bonds. The van der Waals surface area contributed by atoms with Crippen LogP contribution in [-0.4, -0.2) is 54.0 Å². The molecular formula is C23H22ClN3O5. The van der Waals surface area contributed by atoms with Gasteiger partial charge in [-0.3, -0.25) is 24.6 Å². The molecule has 2 aromatic rings. The Morgan fingerprint density at radius 3 is 2.59 bits per heavy atom. The fraction of sp³-hybridized carbons (Fsp3) is 0.348. The third-order valence-electron chi connectivity index (χ3n) is 6.68. The van der Waals surface area contributed by atoms with Crippen molar-refractivity contribution in [2.45, 2.75) is 18.0 Å². The number of methoxy groups -OCH3 is 1. The summed E-state index contributed by atoms with van der Waals surface area (Å²) in [4.78, 5) is 41.5. The molecule has 0 bridgehead atoms. The molecule has 0 saturated carbocycles. The lowest BCUT2D eigenvalue weighted by Gasteiger charge is -2.29. The molecule has 3 aliphatic heterocycles. The molecule has 0 unspecified atom stereocenters. The average molecular weight is 456 g/mol. The second kappa shape index (κ2) is 7.58. The summed E-state index contributed by atoms with van der Waals surface area (Å²) in [7, 11) is 1.51. The Morgan fingerprint density at radius 2 is 1.88 bits per heavy atom. The van der Waals surface area contributed by atoms with Crippen LogP contribution in [0, 0.1) is 11.8 Å². The number of ether oxygens (including phenoxy) is 1. The van der Waals surface area contributed by atoms with E-state index in [-0.39, 0.29) is 36.6 Å². The van der Waals surface area contributed by atoms with E-state index in [1.54, 1.807) is 42.5 Å². The van der Waals surface area contributed by atoms with E-state index in [4.69, 9.17) is 16.3 Å². The number of benzene rings is 2. The van der Waals surface area contributed by atoms with E-state index in [2.05, 4.69) is 10.6 Å². The van der Waals surface area contributed by atoms with Crippen molar-refractivity contribution < 1.29 is 24.2 Å². The van der Waals surface area contributed by atoms with E-state index >= 15 is 0 Å². The quantitative estimate of drug-likeness (QED) is 0.592. The zero-order chi connectivity index (χ0) is 22.6. The summed E-state index contributed by atoms with van der Waals surface area (Å²) in [5.74, 6) is -2.54. The Labute approximate surface area is 189 Å². The summed E-state index contributed by atoms with van der Waals surface area (Å²) in [6, 6.07) is 11.3. The van der Waals surface area contributed by atoms with E-state index in [1.807, 2.05) is 0 Å². The number of fused-ring (bicyclic) bond motifs is 4. The molecule has 0 aliphatic carbocycles. The molecule has 5 rings (SSSR count). The van der Waals surface area contributed by atoms with Crippen molar-refractivity contribution in [3.05, 3.63) is 58.6 Å². The molecule has 3 aliphatic rings. The number of rotatable bonds is 5. The van der Waals surface area contributed by atoms with Gasteiger partial charge in [0.2, 0.25) is 17.7 Å². The summed E-state index contributed by atoms with van der Waals surface area (Å²) in [5.41, 5.74) is 0.636. The molecule has 8 nitrogen and oxygen atoms in total. The lowest BCUT2D eigenvalue weighted by molar-refractivity contribution is -0.143. The minimum atomic E-state index is -1.39. The van der Waals surface area contributed by atoms with Gasteiger partial charge in [0.25, 0.3) is 0 Å². The van der Waals surface area contributed by atoms with Gasteiger partial charge in [-0.2, -0.15) is 0 Å². The predicted octanol–water partition coefficient (Wildman–Crippen LogP) is 1.66. The summed E-state index contributed by atoms with van der Waals surface area (Å²) in [6.07, 6.45) is 0.406. The highest BCUT2D eigenvalue weighted by molar-refractivity contribution is 6.31.